The van der Waals surface area contributed by atoms with E-state index in [0.29, 0.717) is 17.7 Å². The Labute approximate surface area is 174 Å². The Balaban J connectivity index is 1.33. The van der Waals surface area contributed by atoms with Gasteiger partial charge < -0.3 is 10.2 Å². The lowest BCUT2D eigenvalue weighted by Crippen LogP contribution is -2.40. The number of aryl methyl sites for hydroxylation is 2. The Hall–Kier alpha value is -3.48. The maximum atomic E-state index is 12.4. The molecule has 2 aromatic carbocycles. The van der Waals surface area contributed by atoms with Crippen LogP contribution in [0.4, 0.5) is 5.69 Å². The molecule has 7 heteroatoms. The Bertz CT molecular complexity index is 1030. The second-order valence-electron chi connectivity index (χ2n) is 7.80. The molecule has 2 aliphatic heterocycles. The number of nitrogens with one attached hydrogen (secondary N) is 1. The van der Waals surface area contributed by atoms with Crippen molar-refractivity contribution < 1.29 is 19.2 Å². The van der Waals surface area contributed by atoms with Gasteiger partial charge in [0.05, 0.1) is 17.2 Å². The van der Waals surface area contributed by atoms with Crippen LogP contribution < -0.4 is 10.2 Å². The van der Waals surface area contributed by atoms with E-state index >= 15 is 0 Å². The molecule has 1 N–H and O–H groups in total. The minimum Gasteiger partial charge on any atom is -0.351 e. The van der Waals surface area contributed by atoms with Gasteiger partial charge in [-0.2, -0.15) is 0 Å². The number of rotatable bonds is 5. The lowest BCUT2D eigenvalue weighted by molar-refractivity contribution is -0.121. The number of carbonyl (C=O) groups excluding carboxylic acids is 4. The second kappa shape index (κ2) is 7.74. The summed E-state index contributed by atoms with van der Waals surface area (Å²) in [5, 5.41) is 2.86. The normalized spacial score (nSPS) is 18.2. The van der Waals surface area contributed by atoms with Crippen molar-refractivity contribution >= 4 is 29.3 Å². The Kier molecular flexibility index (Phi) is 5.11. The Morgan fingerprint density at radius 2 is 1.67 bits per heavy atom. The Morgan fingerprint density at radius 3 is 2.30 bits per heavy atom. The van der Waals surface area contributed by atoms with Gasteiger partial charge in [-0.05, 0) is 49.2 Å². The van der Waals surface area contributed by atoms with E-state index in [1.54, 1.807) is 29.2 Å². The predicted octanol–water partition coefficient (Wildman–Crippen LogP) is 2.21. The van der Waals surface area contributed by atoms with E-state index in [4.69, 9.17) is 0 Å². The highest BCUT2D eigenvalue weighted by molar-refractivity contribution is 6.21. The molecule has 7 nitrogen and oxygen atoms in total. The van der Waals surface area contributed by atoms with Gasteiger partial charge in [0.1, 0.15) is 0 Å². The SMILES string of the molecule is Cc1ccc(N2C[C@H](NC(=O)CCN3C(=O)c4ccccc4C3=O)CC2=O)cc1C. The highest BCUT2D eigenvalue weighted by Gasteiger charge is 2.36. The molecule has 2 aliphatic rings. The number of hydrogen-bond donors (Lipinski definition) is 1. The number of amides is 4. The van der Waals surface area contributed by atoms with Crippen LogP contribution in [-0.4, -0.2) is 47.7 Å². The summed E-state index contributed by atoms with van der Waals surface area (Å²) >= 11 is 0. The third kappa shape index (κ3) is 3.58. The highest BCUT2D eigenvalue weighted by Crippen LogP contribution is 2.25. The van der Waals surface area contributed by atoms with Crippen molar-refractivity contribution in [3.63, 3.8) is 0 Å². The quantitative estimate of drug-likeness (QED) is 0.773. The fourth-order valence-electron chi connectivity index (χ4n) is 3.90. The fraction of sp³-hybridized carbons (Fsp3) is 0.304. The lowest BCUT2D eigenvalue weighted by atomic mass is 10.1. The van der Waals surface area contributed by atoms with Crippen LogP contribution in [0.1, 0.15) is 44.7 Å². The molecule has 2 aromatic rings. The molecule has 0 unspecified atom stereocenters. The molecular formula is C23H23N3O4. The van der Waals surface area contributed by atoms with Crippen molar-refractivity contribution in [2.24, 2.45) is 0 Å². The van der Waals surface area contributed by atoms with E-state index in [1.165, 1.54) is 0 Å². The lowest BCUT2D eigenvalue weighted by Gasteiger charge is -2.19. The van der Waals surface area contributed by atoms with Crippen LogP contribution in [0.2, 0.25) is 0 Å². The van der Waals surface area contributed by atoms with Gasteiger partial charge in [-0.15, -0.1) is 0 Å². The third-order valence-electron chi connectivity index (χ3n) is 5.73. The minimum absolute atomic E-state index is 0.000200. The van der Waals surface area contributed by atoms with E-state index in [9.17, 15) is 19.2 Å². The minimum atomic E-state index is -0.375. The summed E-state index contributed by atoms with van der Waals surface area (Å²) in [4.78, 5) is 52.4. The molecule has 4 amide bonds. The van der Waals surface area contributed by atoms with Gasteiger partial charge in [-0.25, -0.2) is 0 Å². The summed E-state index contributed by atoms with van der Waals surface area (Å²) in [5.74, 6) is -1.07. The average Bonchev–Trinajstić information content (AvgIpc) is 3.20. The van der Waals surface area contributed by atoms with Crippen molar-refractivity contribution in [1.82, 2.24) is 10.2 Å². The standard InChI is InChI=1S/C23H23N3O4/c1-14-7-8-17(11-15(14)2)26-13-16(12-21(26)28)24-20(27)9-10-25-22(29)18-5-3-4-6-19(18)23(25)30/h3-8,11,16H,9-10,12-13H2,1-2H3,(H,24,27)/t16-/m1/s1. The molecule has 1 fully saturated rings. The average molecular weight is 405 g/mol. The first-order valence-electron chi connectivity index (χ1n) is 9.97. The molecule has 0 spiro atoms. The predicted molar refractivity (Wildman–Crippen MR) is 111 cm³/mol. The van der Waals surface area contributed by atoms with Crippen LogP contribution in [0.5, 0.6) is 0 Å². The molecule has 4 rings (SSSR count). The summed E-state index contributed by atoms with van der Waals surface area (Å²) in [6.07, 6.45) is 0.228. The molecule has 1 saturated heterocycles. The summed E-state index contributed by atoms with van der Waals surface area (Å²) < 4.78 is 0. The zero-order chi connectivity index (χ0) is 21.4. The zero-order valence-corrected chi connectivity index (χ0v) is 17.0. The molecule has 2 heterocycles. The van der Waals surface area contributed by atoms with Crippen molar-refractivity contribution in [3.8, 4) is 0 Å². The molecule has 1 atom stereocenters. The van der Waals surface area contributed by atoms with Gasteiger partial charge in [-0.1, -0.05) is 18.2 Å². The number of benzene rings is 2. The molecule has 0 bridgehead atoms. The Morgan fingerprint density at radius 1 is 1.00 bits per heavy atom. The molecule has 30 heavy (non-hydrogen) atoms. The molecule has 0 aromatic heterocycles. The second-order valence-corrected chi connectivity index (χ2v) is 7.80. The number of carbonyl (C=O) groups is 4. The number of anilines is 1. The maximum absolute atomic E-state index is 12.4. The molecule has 0 saturated carbocycles. The maximum Gasteiger partial charge on any atom is 0.261 e. The van der Waals surface area contributed by atoms with Crippen molar-refractivity contribution in [1.29, 1.82) is 0 Å². The van der Waals surface area contributed by atoms with E-state index in [2.05, 4.69) is 5.32 Å². The van der Waals surface area contributed by atoms with Gasteiger partial charge in [-0.3, -0.25) is 24.1 Å². The summed E-state index contributed by atoms with van der Waals surface area (Å²) in [6.45, 7) is 4.43. The summed E-state index contributed by atoms with van der Waals surface area (Å²) in [7, 11) is 0. The van der Waals surface area contributed by atoms with Crippen molar-refractivity contribution in [2.75, 3.05) is 18.0 Å². The van der Waals surface area contributed by atoms with Crippen LogP contribution in [0.15, 0.2) is 42.5 Å². The highest BCUT2D eigenvalue weighted by atomic mass is 16.2. The molecule has 0 radical (unpaired) electrons. The number of imide groups is 1. The largest absolute Gasteiger partial charge is 0.351 e. The van der Waals surface area contributed by atoms with Gasteiger partial charge in [0, 0.05) is 31.6 Å². The topological polar surface area (TPSA) is 86.8 Å². The first-order chi connectivity index (χ1) is 14.3. The summed E-state index contributed by atoms with van der Waals surface area (Å²) in [5.41, 5.74) is 3.82. The van der Waals surface area contributed by atoms with Gasteiger partial charge in [0.2, 0.25) is 11.8 Å². The molecule has 0 aliphatic carbocycles. The fourth-order valence-corrected chi connectivity index (χ4v) is 3.90. The number of fused-ring (bicyclic) bond motifs is 1. The molecule has 154 valence electrons. The first-order valence-corrected chi connectivity index (χ1v) is 9.97. The number of nitrogens with zero attached hydrogens (tertiary/aromatic N) is 2. The van der Waals surface area contributed by atoms with E-state index in [0.717, 1.165) is 21.7 Å². The van der Waals surface area contributed by atoms with Crippen LogP contribution in [0.25, 0.3) is 0 Å². The summed E-state index contributed by atoms with van der Waals surface area (Å²) in [6, 6.07) is 12.2. The van der Waals surface area contributed by atoms with Crippen LogP contribution in [-0.2, 0) is 9.59 Å². The monoisotopic (exact) mass is 405 g/mol. The number of hydrogen-bond acceptors (Lipinski definition) is 4. The van der Waals surface area contributed by atoms with Crippen molar-refractivity contribution in [3.05, 3.63) is 64.7 Å². The van der Waals surface area contributed by atoms with E-state index < -0.39 is 0 Å². The van der Waals surface area contributed by atoms with Gasteiger partial charge in [0.15, 0.2) is 0 Å². The zero-order valence-electron chi connectivity index (χ0n) is 17.0. The van der Waals surface area contributed by atoms with E-state index in [-0.39, 0.29) is 49.1 Å². The third-order valence-corrected chi connectivity index (χ3v) is 5.73. The van der Waals surface area contributed by atoms with E-state index in [1.807, 2.05) is 32.0 Å². The van der Waals surface area contributed by atoms with Crippen LogP contribution in [0, 0.1) is 13.8 Å². The first kappa shape index (κ1) is 19.8. The van der Waals surface area contributed by atoms with Crippen LogP contribution in [0.3, 0.4) is 0 Å². The van der Waals surface area contributed by atoms with Gasteiger partial charge in [0.25, 0.3) is 11.8 Å². The smallest absolute Gasteiger partial charge is 0.261 e. The van der Waals surface area contributed by atoms with Gasteiger partial charge >= 0.3 is 0 Å². The van der Waals surface area contributed by atoms with Crippen LogP contribution >= 0.6 is 0 Å². The molecular weight excluding hydrogens is 382 g/mol. The van der Waals surface area contributed by atoms with Crippen molar-refractivity contribution in [2.45, 2.75) is 32.7 Å².